The molecule has 8 heteroatoms. The van der Waals surface area contributed by atoms with E-state index in [0.717, 1.165) is 21.6 Å². The van der Waals surface area contributed by atoms with E-state index < -0.39 is 37.9 Å². The first kappa shape index (κ1) is 20.2. The molecule has 1 aromatic carbocycles. The third kappa shape index (κ3) is 6.37. The van der Waals surface area contributed by atoms with E-state index in [9.17, 15) is 23.1 Å². The van der Waals surface area contributed by atoms with Crippen LogP contribution in [0, 0.1) is 20.8 Å². The number of anilines is 1. The zero-order valence-electron chi connectivity index (χ0n) is 13.9. The van der Waals surface area contributed by atoms with Gasteiger partial charge in [0, 0.05) is 12.2 Å². The maximum Gasteiger partial charge on any atom is 0.390 e. The van der Waals surface area contributed by atoms with Crippen LogP contribution in [0.3, 0.4) is 0 Å². The van der Waals surface area contributed by atoms with Gasteiger partial charge >= 0.3 is 12.2 Å². The fourth-order valence-electron chi connectivity index (χ4n) is 2.41. The minimum absolute atomic E-state index is 0.387. The molecule has 0 heterocycles. The van der Waals surface area contributed by atoms with Crippen molar-refractivity contribution in [2.24, 2.45) is 0 Å². The molecule has 1 aromatic rings. The van der Waals surface area contributed by atoms with Gasteiger partial charge in [-0.15, -0.1) is 0 Å². The highest BCUT2D eigenvalue weighted by Crippen LogP contribution is 2.23. The molecule has 0 aromatic heterocycles. The first-order valence-electron chi connectivity index (χ1n) is 7.53. The van der Waals surface area contributed by atoms with Crippen LogP contribution in [0.25, 0.3) is 0 Å². The number of urea groups is 1. The van der Waals surface area contributed by atoms with Gasteiger partial charge in [0.05, 0.1) is 25.7 Å². The number of halogens is 3. The molecule has 24 heavy (non-hydrogen) atoms. The Labute approximate surface area is 139 Å². The van der Waals surface area contributed by atoms with Crippen LogP contribution in [-0.2, 0) is 0 Å². The van der Waals surface area contributed by atoms with Crippen molar-refractivity contribution in [1.82, 2.24) is 4.90 Å². The van der Waals surface area contributed by atoms with Crippen molar-refractivity contribution in [3.05, 3.63) is 28.8 Å². The normalized spacial score (nSPS) is 12.8. The zero-order chi connectivity index (χ0) is 18.5. The first-order valence-corrected chi connectivity index (χ1v) is 7.53. The molecule has 0 aliphatic heterocycles. The Morgan fingerprint density at radius 1 is 1.25 bits per heavy atom. The van der Waals surface area contributed by atoms with E-state index in [1.807, 2.05) is 19.1 Å². The average molecular weight is 348 g/mol. The fourth-order valence-corrected chi connectivity index (χ4v) is 2.41. The molecule has 0 fully saturated rings. The molecular formula is C16H23F3N2O3. The summed E-state index contributed by atoms with van der Waals surface area (Å²) in [7, 11) is 0. The van der Waals surface area contributed by atoms with Crippen LogP contribution >= 0.6 is 0 Å². The topological polar surface area (TPSA) is 72.8 Å². The summed E-state index contributed by atoms with van der Waals surface area (Å²) in [6, 6.07) is 2.96. The van der Waals surface area contributed by atoms with Crippen molar-refractivity contribution in [3.63, 3.8) is 0 Å². The fraction of sp³-hybridized carbons (Fsp3) is 0.562. The first-order chi connectivity index (χ1) is 11.0. The molecule has 3 N–H and O–H groups in total. The number of aliphatic hydroxyl groups is 2. The van der Waals surface area contributed by atoms with Gasteiger partial charge in [0.2, 0.25) is 0 Å². The molecule has 5 nitrogen and oxygen atoms in total. The summed E-state index contributed by atoms with van der Waals surface area (Å²) >= 11 is 0. The monoisotopic (exact) mass is 348 g/mol. The second kappa shape index (κ2) is 8.34. The van der Waals surface area contributed by atoms with Gasteiger partial charge in [-0.1, -0.05) is 17.7 Å². The second-order valence-corrected chi connectivity index (χ2v) is 5.85. The Bertz CT molecular complexity index is 553. The van der Waals surface area contributed by atoms with Crippen molar-refractivity contribution >= 4 is 11.7 Å². The van der Waals surface area contributed by atoms with E-state index >= 15 is 0 Å². The smallest absolute Gasteiger partial charge is 0.390 e. The molecule has 0 saturated heterocycles. The molecule has 0 unspecified atom stereocenters. The van der Waals surface area contributed by atoms with E-state index in [1.165, 1.54) is 0 Å². The lowest BCUT2D eigenvalue weighted by molar-refractivity contribution is -0.137. The molecule has 2 amide bonds. The Hall–Kier alpha value is -1.80. The summed E-state index contributed by atoms with van der Waals surface area (Å²) in [6.45, 7) is 3.85. The number of benzene rings is 1. The van der Waals surface area contributed by atoms with Crippen LogP contribution in [-0.4, -0.2) is 53.1 Å². The Balaban J connectivity index is 2.91. The average Bonchev–Trinajstić information content (AvgIpc) is 2.45. The van der Waals surface area contributed by atoms with Gasteiger partial charge in [-0.3, -0.25) is 0 Å². The highest BCUT2D eigenvalue weighted by Gasteiger charge is 2.30. The lowest BCUT2D eigenvalue weighted by Gasteiger charge is -2.26. The van der Waals surface area contributed by atoms with E-state index in [0.29, 0.717) is 5.69 Å². The van der Waals surface area contributed by atoms with Gasteiger partial charge in [-0.25, -0.2) is 4.79 Å². The number of alkyl halides is 3. The molecule has 1 rings (SSSR count). The minimum Gasteiger partial charge on any atom is -0.394 e. The Morgan fingerprint density at radius 3 is 2.25 bits per heavy atom. The molecule has 0 bridgehead atoms. The van der Waals surface area contributed by atoms with Crippen molar-refractivity contribution in [2.75, 3.05) is 25.0 Å². The van der Waals surface area contributed by atoms with Crippen LogP contribution in [0.15, 0.2) is 12.1 Å². The Morgan fingerprint density at radius 2 is 1.79 bits per heavy atom. The number of carbonyl (C=O) groups is 1. The zero-order valence-corrected chi connectivity index (χ0v) is 13.9. The van der Waals surface area contributed by atoms with E-state index in [-0.39, 0.29) is 6.54 Å². The molecule has 0 aliphatic carbocycles. The summed E-state index contributed by atoms with van der Waals surface area (Å²) < 4.78 is 37.3. The summed E-state index contributed by atoms with van der Waals surface area (Å²) in [5, 5.41) is 20.9. The Kier molecular flexibility index (Phi) is 7.04. The number of hydrogen-bond donors (Lipinski definition) is 3. The van der Waals surface area contributed by atoms with Crippen LogP contribution < -0.4 is 5.32 Å². The van der Waals surface area contributed by atoms with Crippen LogP contribution in [0.1, 0.15) is 23.1 Å². The number of aryl methyl sites for hydroxylation is 3. The van der Waals surface area contributed by atoms with Gasteiger partial charge in [0.25, 0.3) is 0 Å². The van der Waals surface area contributed by atoms with Crippen LogP contribution in [0.2, 0.25) is 0 Å². The highest BCUT2D eigenvalue weighted by molar-refractivity contribution is 5.91. The number of carbonyl (C=O) groups excluding carboxylic acids is 1. The van der Waals surface area contributed by atoms with Gasteiger partial charge in [-0.05, 0) is 31.9 Å². The molecular weight excluding hydrogens is 325 g/mol. The molecule has 136 valence electrons. The summed E-state index contributed by atoms with van der Waals surface area (Å²) in [6.07, 6.45) is -6.91. The maximum atomic E-state index is 12.4. The van der Waals surface area contributed by atoms with Gasteiger partial charge in [-0.2, -0.15) is 13.2 Å². The number of rotatable bonds is 6. The van der Waals surface area contributed by atoms with Crippen molar-refractivity contribution in [3.8, 4) is 0 Å². The predicted molar refractivity (Wildman–Crippen MR) is 85.0 cm³/mol. The van der Waals surface area contributed by atoms with Crippen molar-refractivity contribution < 1.29 is 28.2 Å². The van der Waals surface area contributed by atoms with Crippen LogP contribution in [0.4, 0.5) is 23.7 Å². The number of amides is 2. The van der Waals surface area contributed by atoms with E-state index in [2.05, 4.69) is 5.32 Å². The molecule has 0 radical (unpaired) electrons. The van der Waals surface area contributed by atoms with Gasteiger partial charge in [0.1, 0.15) is 0 Å². The summed E-state index contributed by atoms with van der Waals surface area (Å²) in [5.74, 6) is 0. The van der Waals surface area contributed by atoms with Gasteiger partial charge < -0.3 is 20.4 Å². The maximum absolute atomic E-state index is 12.4. The lowest BCUT2D eigenvalue weighted by atomic mass is 10.1. The molecule has 1 atom stereocenters. The van der Waals surface area contributed by atoms with E-state index in [4.69, 9.17) is 5.11 Å². The predicted octanol–water partition coefficient (Wildman–Crippen LogP) is 2.75. The molecule has 0 saturated carbocycles. The van der Waals surface area contributed by atoms with E-state index in [1.54, 1.807) is 13.8 Å². The lowest BCUT2D eigenvalue weighted by Crippen LogP contribution is -2.43. The summed E-state index contributed by atoms with van der Waals surface area (Å²) in [4.78, 5) is 13.2. The minimum atomic E-state index is -4.42. The van der Waals surface area contributed by atoms with Crippen LogP contribution in [0.5, 0.6) is 0 Å². The number of aliphatic hydroxyl groups excluding tert-OH is 2. The standard InChI is InChI=1S/C16H23F3N2O3/c1-10-6-11(2)14(12(3)7-10)20-15(24)21(8-13(23)9-22)5-4-16(17,18)19/h6-7,13,22-23H,4-5,8-9H2,1-3H3,(H,20,24)/t13-/m0/s1. The third-order valence-corrected chi connectivity index (χ3v) is 3.50. The van der Waals surface area contributed by atoms with Gasteiger partial charge in [0.15, 0.2) is 0 Å². The third-order valence-electron chi connectivity index (χ3n) is 3.50. The SMILES string of the molecule is Cc1cc(C)c(NC(=O)N(CCC(F)(F)F)C[C@H](O)CO)c(C)c1. The molecule has 0 aliphatic rings. The molecule has 0 spiro atoms. The highest BCUT2D eigenvalue weighted by atomic mass is 19.4. The van der Waals surface area contributed by atoms with Crippen molar-refractivity contribution in [2.45, 2.75) is 39.5 Å². The number of hydrogen-bond acceptors (Lipinski definition) is 3. The number of nitrogens with one attached hydrogen (secondary N) is 1. The summed E-state index contributed by atoms with van der Waals surface area (Å²) in [5.41, 5.74) is 3.12. The largest absolute Gasteiger partial charge is 0.394 e. The number of nitrogens with zero attached hydrogens (tertiary/aromatic N) is 1. The van der Waals surface area contributed by atoms with Crippen molar-refractivity contribution in [1.29, 1.82) is 0 Å². The second-order valence-electron chi connectivity index (χ2n) is 5.85. The quantitative estimate of drug-likeness (QED) is 0.740.